The van der Waals surface area contributed by atoms with Crippen molar-refractivity contribution in [2.45, 2.75) is 46.0 Å². The number of hydrogen-bond donors (Lipinski definition) is 1. The Balaban J connectivity index is 2.60. The van der Waals surface area contributed by atoms with Gasteiger partial charge in [0.2, 0.25) is 0 Å². The second kappa shape index (κ2) is 10.3. The van der Waals surface area contributed by atoms with Crippen LogP contribution < -0.4 is 4.74 Å². The molecule has 0 amide bonds. The highest BCUT2D eigenvalue weighted by atomic mass is 16.5. The minimum absolute atomic E-state index is 0.102. The molecule has 0 spiro atoms. The SMILES string of the molecule is CCCCC(CC)COc1ccccc1C#CCCO. The molecule has 0 saturated carbocycles. The molecule has 0 heterocycles. The van der Waals surface area contributed by atoms with Gasteiger partial charge in [-0.1, -0.05) is 57.1 Å². The number of unbranched alkanes of at least 4 members (excludes halogenated alkanes) is 1. The largest absolute Gasteiger partial charge is 0.492 e. The number of hydrogen-bond acceptors (Lipinski definition) is 2. The van der Waals surface area contributed by atoms with Crippen LogP contribution in [0.25, 0.3) is 0 Å². The highest BCUT2D eigenvalue weighted by Gasteiger charge is 2.08. The maximum absolute atomic E-state index is 8.77. The van der Waals surface area contributed by atoms with Crippen LogP contribution in [0.5, 0.6) is 5.75 Å². The molecule has 0 aliphatic heterocycles. The summed E-state index contributed by atoms with van der Waals surface area (Å²) >= 11 is 0. The first-order chi connectivity index (χ1) is 9.81. The van der Waals surface area contributed by atoms with E-state index in [4.69, 9.17) is 9.84 Å². The van der Waals surface area contributed by atoms with E-state index in [1.807, 2.05) is 24.3 Å². The van der Waals surface area contributed by atoms with Gasteiger partial charge in [0.25, 0.3) is 0 Å². The third kappa shape index (κ3) is 6.12. The van der Waals surface area contributed by atoms with Crippen molar-refractivity contribution in [2.75, 3.05) is 13.2 Å². The monoisotopic (exact) mass is 274 g/mol. The molecule has 1 aromatic carbocycles. The third-order valence-electron chi connectivity index (χ3n) is 3.36. The van der Waals surface area contributed by atoms with Crippen molar-refractivity contribution in [2.24, 2.45) is 5.92 Å². The number of ether oxygens (including phenoxy) is 1. The molecule has 0 saturated heterocycles. The molecule has 2 nitrogen and oxygen atoms in total. The summed E-state index contributed by atoms with van der Waals surface area (Å²) in [7, 11) is 0. The van der Waals surface area contributed by atoms with Crippen molar-refractivity contribution in [3.8, 4) is 17.6 Å². The molecule has 110 valence electrons. The summed E-state index contributed by atoms with van der Waals surface area (Å²) in [5.41, 5.74) is 0.909. The van der Waals surface area contributed by atoms with E-state index < -0.39 is 0 Å². The van der Waals surface area contributed by atoms with Crippen molar-refractivity contribution in [1.82, 2.24) is 0 Å². The summed E-state index contributed by atoms with van der Waals surface area (Å²) in [5, 5.41) is 8.77. The molecular formula is C18H26O2. The van der Waals surface area contributed by atoms with E-state index in [2.05, 4.69) is 25.7 Å². The van der Waals surface area contributed by atoms with Gasteiger partial charge in [0, 0.05) is 6.42 Å². The predicted molar refractivity (Wildman–Crippen MR) is 83.8 cm³/mol. The number of aliphatic hydroxyl groups excluding tert-OH is 1. The van der Waals surface area contributed by atoms with Crippen molar-refractivity contribution in [1.29, 1.82) is 0 Å². The Morgan fingerprint density at radius 2 is 2.05 bits per heavy atom. The highest BCUT2D eigenvalue weighted by molar-refractivity contribution is 5.45. The average Bonchev–Trinajstić information content (AvgIpc) is 2.49. The molecule has 2 heteroatoms. The Bertz CT molecular complexity index is 429. The van der Waals surface area contributed by atoms with Gasteiger partial charge in [-0.15, -0.1) is 0 Å². The fourth-order valence-electron chi connectivity index (χ4n) is 2.02. The van der Waals surface area contributed by atoms with E-state index in [1.54, 1.807) is 0 Å². The van der Waals surface area contributed by atoms with Gasteiger partial charge in [0.15, 0.2) is 0 Å². The van der Waals surface area contributed by atoms with Gasteiger partial charge in [-0.3, -0.25) is 0 Å². The predicted octanol–water partition coefficient (Wildman–Crippen LogP) is 4.02. The van der Waals surface area contributed by atoms with Crippen LogP contribution in [0.4, 0.5) is 0 Å². The van der Waals surface area contributed by atoms with Crippen LogP contribution in [-0.4, -0.2) is 18.3 Å². The third-order valence-corrected chi connectivity index (χ3v) is 3.36. The summed E-state index contributed by atoms with van der Waals surface area (Å²) in [6.45, 7) is 5.30. The molecule has 0 aromatic heterocycles. The molecular weight excluding hydrogens is 248 g/mol. The minimum atomic E-state index is 0.102. The number of aliphatic hydroxyl groups is 1. The molecule has 1 unspecified atom stereocenters. The zero-order valence-electron chi connectivity index (χ0n) is 12.7. The van der Waals surface area contributed by atoms with Crippen LogP contribution in [0.15, 0.2) is 24.3 Å². The Hall–Kier alpha value is -1.46. The number of benzene rings is 1. The van der Waals surface area contributed by atoms with E-state index in [9.17, 15) is 0 Å². The Morgan fingerprint density at radius 1 is 1.25 bits per heavy atom. The molecule has 0 aliphatic carbocycles. The van der Waals surface area contributed by atoms with Crippen molar-refractivity contribution in [3.63, 3.8) is 0 Å². The van der Waals surface area contributed by atoms with E-state index >= 15 is 0 Å². The summed E-state index contributed by atoms with van der Waals surface area (Å²) in [4.78, 5) is 0. The van der Waals surface area contributed by atoms with E-state index in [0.717, 1.165) is 24.3 Å². The molecule has 1 atom stereocenters. The Kier molecular flexibility index (Phi) is 8.58. The summed E-state index contributed by atoms with van der Waals surface area (Å²) in [6, 6.07) is 7.87. The van der Waals surface area contributed by atoms with Crippen molar-refractivity contribution < 1.29 is 9.84 Å². The molecule has 1 aromatic rings. The lowest BCUT2D eigenvalue weighted by atomic mass is 10.0. The lowest BCUT2D eigenvalue weighted by Crippen LogP contribution is -2.11. The fraction of sp³-hybridized carbons (Fsp3) is 0.556. The Morgan fingerprint density at radius 3 is 2.75 bits per heavy atom. The van der Waals surface area contributed by atoms with Crippen LogP contribution in [0, 0.1) is 17.8 Å². The van der Waals surface area contributed by atoms with Gasteiger partial charge in [-0.05, 0) is 24.5 Å². The fourth-order valence-corrected chi connectivity index (χ4v) is 2.02. The summed E-state index contributed by atoms with van der Waals surface area (Å²) in [5.74, 6) is 7.49. The quantitative estimate of drug-likeness (QED) is 0.726. The summed E-state index contributed by atoms with van der Waals surface area (Å²) < 4.78 is 5.95. The molecule has 0 radical (unpaired) electrons. The van der Waals surface area contributed by atoms with Crippen LogP contribution in [0.3, 0.4) is 0 Å². The van der Waals surface area contributed by atoms with Crippen LogP contribution >= 0.6 is 0 Å². The minimum Gasteiger partial charge on any atom is -0.492 e. The molecule has 1 rings (SSSR count). The zero-order valence-corrected chi connectivity index (χ0v) is 12.7. The average molecular weight is 274 g/mol. The number of rotatable bonds is 8. The van der Waals surface area contributed by atoms with Crippen molar-refractivity contribution >= 4 is 0 Å². The van der Waals surface area contributed by atoms with Crippen LogP contribution in [0.2, 0.25) is 0 Å². The molecule has 0 bridgehead atoms. The smallest absolute Gasteiger partial charge is 0.134 e. The van der Waals surface area contributed by atoms with Crippen LogP contribution in [0.1, 0.15) is 51.5 Å². The zero-order chi connectivity index (χ0) is 14.6. The maximum atomic E-state index is 8.77. The van der Waals surface area contributed by atoms with Gasteiger partial charge in [0.05, 0.1) is 18.8 Å². The van der Waals surface area contributed by atoms with Crippen molar-refractivity contribution in [3.05, 3.63) is 29.8 Å². The topological polar surface area (TPSA) is 29.5 Å². The second-order valence-electron chi connectivity index (χ2n) is 5.00. The molecule has 20 heavy (non-hydrogen) atoms. The van der Waals surface area contributed by atoms with E-state index in [1.165, 1.54) is 19.3 Å². The summed E-state index contributed by atoms with van der Waals surface area (Å²) in [6.07, 6.45) is 5.38. The highest BCUT2D eigenvalue weighted by Crippen LogP contribution is 2.20. The number of para-hydroxylation sites is 1. The lowest BCUT2D eigenvalue weighted by molar-refractivity contribution is 0.233. The first kappa shape index (κ1) is 16.6. The normalized spacial score (nSPS) is 11.6. The van der Waals surface area contributed by atoms with E-state index in [0.29, 0.717) is 12.3 Å². The molecule has 1 N–H and O–H groups in total. The van der Waals surface area contributed by atoms with Gasteiger partial charge >= 0.3 is 0 Å². The van der Waals surface area contributed by atoms with Gasteiger partial charge in [-0.2, -0.15) is 0 Å². The van der Waals surface area contributed by atoms with Gasteiger partial charge in [-0.25, -0.2) is 0 Å². The standard InChI is InChI=1S/C18H26O2/c1-3-5-10-16(4-2)15-20-18-13-7-6-11-17(18)12-8-9-14-19/h6-7,11,13,16,19H,3-5,9-10,14-15H2,1-2H3. The maximum Gasteiger partial charge on any atom is 0.134 e. The second-order valence-corrected chi connectivity index (χ2v) is 5.00. The van der Waals surface area contributed by atoms with Gasteiger partial charge < -0.3 is 9.84 Å². The molecule has 0 fully saturated rings. The van der Waals surface area contributed by atoms with Gasteiger partial charge in [0.1, 0.15) is 5.75 Å². The molecule has 0 aliphatic rings. The first-order valence-electron chi connectivity index (χ1n) is 7.63. The van der Waals surface area contributed by atoms with E-state index in [-0.39, 0.29) is 6.61 Å². The lowest BCUT2D eigenvalue weighted by Gasteiger charge is -2.16. The Labute approximate surface area is 123 Å². The first-order valence-corrected chi connectivity index (χ1v) is 7.63. The van der Waals surface area contributed by atoms with Crippen LogP contribution in [-0.2, 0) is 0 Å².